The van der Waals surface area contributed by atoms with Crippen LogP contribution in [-0.2, 0) is 4.79 Å². The van der Waals surface area contributed by atoms with Crippen LogP contribution in [-0.4, -0.2) is 18.3 Å². The summed E-state index contributed by atoms with van der Waals surface area (Å²) in [4.78, 5) is 24.5. The second-order valence-electron chi connectivity index (χ2n) is 6.85. The number of ether oxygens (including phenoxy) is 1. The van der Waals surface area contributed by atoms with Gasteiger partial charge in [-0.05, 0) is 61.1 Å². The molecule has 0 heterocycles. The fourth-order valence-corrected chi connectivity index (χ4v) is 3.43. The van der Waals surface area contributed by atoms with Crippen LogP contribution in [0.4, 0.5) is 5.69 Å². The lowest BCUT2D eigenvalue weighted by Gasteiger charge is -2.14. The second kappa shape index (κ2) is 6.71. The summed E-state index contributed by atoms with van der Waals surface area (Å²) in [7, 11) is 0. The highest BCUT2D eigenvalue weighted by Crippen LogP contribution is 2.40. The Kier molecular flexibility index (Phi) is 4.62. The molecule has 0 radical (unpaired) electrons. The van der Waals surface area contributed by atoms with Gasteiger partial charge in [0.05, 0.1) is 5.56 Å². The number of hydrogen-bond acceptors (Lipinski definition) is 3. The Bertz CT molecular complexity index is 854. The van der Waals surface area contributed by atoms with Crippen molar-refractivity contribution in [2.24, 2.45) is 0 Å². The Morgan fingerprint density at radius 1 is 1.16 bits per heavy atom. The quantitative estimate of drug-likeness (QED) is 0.904. The lowest BCUT2D eigenvalue weighted by molar-refractivity contribution is -0.118. The fraction of sp³-hybridized carbons (Fsp3) is 0.333. The number of nitrogens with one attached hydrogen (secondary N) is 1. The summed E-state index contributed by atoms with van der Waals surface area (Å²) in [5.41, 5.74) is 5.66. The van der Waals surface area contributed by atoms with Crippen LogP contribution in [0.15, 0.2) is 30.3 Å². The lowest BCUT2D eigenvalue weighted by atomic mass is 9.97. The van der Waals surface area contributed by atoms with Crippen LogP contribution in [0.2, 0.25) is 0 Å². The number of anilines is 1. The van der Waals surface area contributed by atoms with Crippen molar-refractivity contribution in [3.63, 3.8) is 0 Å². The van der Waals surface area contributed by atoms with Gasteiger partial charge in [0, 0.05) is 12.1 Å². The van der Waals surface area contributed by atoms with Gasteiger partial charge in [0.1, 0.15) is 5.75 Å². The average Bonchev–Trinajstić information content (AvgIpc) is 2.86. The Balaban J connectivity index is 1.73. The molecule has 1 unspecified atom stereocenters. The summed E-state index contributed by atoms with van der Waals surface area (Å²) in [6, 6.07) is 9.64. The summed E-state index contributed by atoms with van der Waals surface area (Å²) < 4.78 is 5.69. The molecule has 4 heteroatoms. The van der Waals surface area contributed by atoms with E-state index in [4.69, 9.17) is 4.74 Å². The van der Waals surface area contributed by atoms with Crippen molar-refractivity contribution in [1.82, 2.24) is 0 Å². The van der Waals surface area contributed by atoms with Crippen molar-refractivity contribution >= 4 is 17.4 Å². The van der Waals surface area contributed by atoms with Crippen LogP contribution in [0.1, 0.15) is 51.9 Å². The third kappa shape index (κ3) is 3.43. The number of amides is 1. The van der Waals surface area contributed by atoms with E-state index in [-0.39, 0.29) is 24.2 Å². The zero-order valence-electron chi connectivity index (χ0n) is 15.1. The van der Waals surface area contributed by atoms with Crippen molar-refractivity contribution in [2.45, 2.75) is 40.0 Å². The van der Waals surface area contributed by atoms with Gasteiger partial charge in [0.25, 0.3) is 5.91 Å². The minimum Gasteiger partial charge on any atom is -0.483 e. The van der Waals surface area contributed by atoms with Gasteiger partial charge in [0.15, 0.2) is 12.4 Å². The van der Waals surface area contributed by atoms with Crippen molar-refractivity contribution in [1.29, 1.82) is 0 Å². The van der Waals surface area contributed by atoms with E-state index < -0.39 is 0 Å². The van der Waals surface area contributed by atoms with E-state index in [9.17, 15) is 9.59 Å². The highest BCUT2D eigenvalue weighted by atomic mass is 16.5. The monoisotopic (exact) mass is 337 g/mol. The van der Waals surface area contributed by atoms with Crippen molar-refractivity contribution in [2.75, 3.05) is 11.9 Å². The van der Waals surface area contributed by atoms with Gasteiger partial charge >= 0.3 is 0 Å². The maximum absolute atomic E-state index is 12.3. The first-order chi connectivity index (χ1) is 11.9. The molecular weight excluding hydrogens is 314 g/mol. The lowest BCUT2D eigenvalue weighted by Crippen LogP contribution is -2.21. The molecule has 3 rings (SSSR count). The van der Waals surface area contributed by atoms with Gasteiger partial charge in [-0.1, -0.05) is 25.1 Å². The third-order valence-corrected chi connectivity index (χ3v) is 4.71. The fourth-order valence-electron chi connectivity index (χ4n) is 3.43. The van der Waals surface area contributed by atoms with Gasteiger partial charge in [-0.2, -0.15) is 0 Å². The molecule has 0 saturated heterocycles. The van der Waals surface area contributed by atoms with Crippen LogP contribution in [0.5, 0.6) is 5.75 Å². The summed E-state index contributed by atoms with van der Waals surface area (Å²) in [5.74, 6) is 0.568. The standard InChI is InChI=1S/C21H23NO3/c1-12-5-6-13(2)16(9-12)22-19(24)11-25-18-8-7-14(3)20-15(4)10-17(23)21(18)20/h5-9,15H,10-11H2,1-4H3,(H,22,24). The SMILES string of the molecule is Cc1ccc(C)c(NC(=O)COc2ccc(C)c3c2C(=O)CC3C)c1. The Hall–Kier alpha value is -2.62. The number of aryl methyl sites for hydroxylation is 3. The molecule has 130 valence electrons. The molecule has 1 N–H and O–H groups in total. The number of ketones is 1. The van der Waals surface area contributed by atoms with Crippen molar-refractivity contribution < 1.29 is 14.3 Å². The highest BCUT2D eigenvalue weighted by Gasteiger charge is 2.31. The second-order valence-corrected chi connectivity index (χ2v) is 6.85. The minimum absolute atomic E-state index is 0.0936. The first-order valence-corrected chi connectivity index (χ1v) is 8.53. The summed E-state index contributed by atoms with van der Waals surface area (Å²) in [6.45, 7) is 7.86. The number of hydrogen-bond donors (Lipinski definition) is 1. The van der Waals surface area contributed by atoms with Crippen LogP contribution in [0.25, 0.3) is 0 Å². The highest BCUT2D eigenvalue weighted by molar-refractivity contribution is 6.04. The third-order valence-electron chi connectivity index (χ3n) is 4.71. The molecule has 1 aliphatic rings. The topological polar surface area (TPSA) is 55.4 Å². The van der Waals surface area contributed by atoms with E-state index in [1.54, 1.807) is 6.07 Å². The number of benzene rings is 2. The van der Waals surface area contributed by atoms with Gasteiger partial charge < -0.3 is 10.1 Å². The van der Waals surface area contributed by atoms with E-state index in [0.29, 0.717) is 17.7 Å². The Morgan fingerprint density at radius 3 is 2.64 bits per heavy atom. The summed E-state index contributed by atoms with van der Waals surface area (Å²) in [6.07, 6.45) is 0.505. The van der Waals surface area contributed by atoms with Crippen LogP contribution in [0, 0.1) is 20.8 Å². The van der Waals surface area contributed by atoms with Crippen LogP contribution < -0.4 is 10.1 Å². The predicted molar refractivity (Wildman–Crippen MR) is 98.6 cm³/mol. The van der Waals surface area contributed by atoms with Crippen molar-refractivity contribution in [3.8, 4) is 5.75 Å². The van der Waals surface area contributed by atoms with Crippen molar-refractivity contribution in [3.05, 3.63) is 58.1 Å². The number of carbonyl (C=O) groups is 2. The molecule has 4 nitrogen and oxygen atoms in total. The minimum atomic E-state index is -0.235. The van der Waals surface area contributed by atoms with E-state index in [2.05, 4.69) is 5.32 Å². The zero-order valence-corrected chi connectivity index (χ0v) is 15.1. The molecule has 2 aromatic carbocycles. The van der Waals surface area contributed by atoms with Crippen LogP contribution >= 0.6 is 0 Å². The number of fused-ring (bicyclic) bond motifs is 1. The molecule has 0 aliphatic heterocycles. The van der Waals surface area contributed by atoms with E-state index in [1.165, 1.54) is 0 Å². The number of carbonyl (C=O) groups excluding carboxylic acids is 2. The first-order valence-electron chi connectivity index (χ1n) is 8.53. The molecule has 1 amide bonds. The Labute approximate surface area is 148 Å². The van der Waals surface area contributed by atoms with Gasteiger partial charge in [-0.15, -0.1) is 0 Å². The maximum atomic E-state index is 12.3. The smallest absolute Gasteiger partial charge is 0.262 e. The molecule has 1 atom stereocenters. The zero-order chi connectivity index (χ0) is 18.1. The molecule has 0 bridgehead atoms. The van der Waals surface area contributed by atoms with E-state index in [1.807, 2.05) is 52.0 Å². The summed E-state index contributed by atoms with van der Waals surface area (Å²) >= 11 is 0. The molecule has 0 spiro atoms. The number of Topliss-reactive ketones (excluding diaryl/α,β-unsaturated/α-hetero) is 1. The molecule has 25 heavy (non-hydrogen) atoms. The van der Waals surface area contributed by atoms with Crippen LogP contribution in [0.3, 0.4) is 0 Å². The molecule has 1 aliphatic carbocycles. The van der Waals surface area contributed by atoms with Gasteiger partial charge in [-0.25, -0.2) is 0 Å². The first kappa shape index (κ1) is 17.2. The Morgan fingerprint density at radius 2 is 1.88 bits per heavy atom. The van der Waals surface area contributed by atoms with E-state index in [0.717, 1.165) is 27.9 Å². The molecule has 2 aromatic rings. The molecular formula is C21H23NO3. The van der Waals surface area contributed by atoms with Gasteiger partial charge in [-0.3, -0.25) is 9.59 Å². The maximum Gasteiger partial charge on any atom is 0.262 e. The predicted octanol–water partition coefficient (Wildman–Crippen LogP) is 4.32. The molecule has 0 saturated carbocycles. The van der Waals surface area contributed by atoms with E-state index >= 15 is 0 Å². The normalized spacial score (nSPS) is 15.8. The largest absolute Gasteiger partial charge is 0.483 e. The molecule has 0 fully saturated rings. The average molecular weight is 337 g/mol. The van der Waals surface area contributed by atoms with Gasteiger partial charge in [0.2, 0.25) is 0 Å². The number of rotatable bonds is 4. The summed E-state index contributed by atoms with van der Waals surface area (Å²) in [5, 5.41) is 2.87. The molecule has 0 aromatic heterocycles.